The van der Waals surface area contributed by atoms with Crippen LogP contribution in [0.1, 0.15) is 5.56 Å². The first-order chi connectivity index (χ1) is 5.59. The van der Waals surface area contributed by atoms with E-state index < -0.39 is 0 Å². The lowest BCUT2D eigenvalue weighted by Crippen LogP contribution is -1.88. The van der Waals surface area contributed by atoms with E-state index in [-0.39, 0.29) is 0 Å². The number of nitrogen functional groups attached to an aromatic ring is 1. The Bertz CT molecular complexity index is 316. The van der Waals surface area contributed by atoms with Gasteiger partial charge in [-0.2, -0.15) is 0 Å². The fraction of sp³-hybridized carbons (Fsp3) is 0. The van der Waals surface area contributed by atoms with Crippen LogP contribution in [-0.2, 0) is 0 Å². The molecular formula is C8H6Br3N. The third kappa shape index (κ3) is 2.92. The Labute approximate surface area is 96.4 Å². The van der Waals surface area contributed by atoms with Crippen molar-refractivity contribution >= 4 is 59.6 Å². The van der Waals surface area contributed by atoms with Crippen LogP contribution in [0.25, 0.3) is 6.08 Å². The summed E-state index contributed by atoms with van der Waals surface area (Å²) in [6.07, 6.45) is 1.90. The lowest BCUT2D eigenvalue weighted by molar-refractivity contribution is 1.60. The van der Waals surface area contributed by atoms with Gasteiger partial charge in [0.2, 0.25) is 0 Å². The minimum Gasteiger partial charge on any atom is -0.398 e. The summed E-state index contributed by atoms with van der Waals surface area (Å²) in [5.41, 5.74) is 7.47. The van der Waals surface area contributed by atoms with Crippen molar-refractivity contribution < 1.29 is 0 Å². The van der Waals surface area contributed by atoms with Crippen molar-refractivity contribution in [2.75, 3.05) is 5.73 Å². The smallest absolute Gasteiger partial charge is 0.0610 e. The maximum atomic E-state index is 5.73. The Kier molecular flexibility index (Phi) is 3.80. The molecule has 0 aromatic heterocycles. The number of hydrogen-bond donors (Lipinski definition) is 1. The van der Waals surface area contributed by atoms with Gasteiger partial charge in [0.1, 0.15) is 0 Å². The van der Waals surface area contributed by atoms with Crippen LogP contribution < -0.4 is 5.73 Å². The molecule has 2 N–H and O–H groups in total. The predicted molar refractivity (Wildman–Crippen MR) is 64.4 cm³/mol. The first kappa shape index (κ1) is 10.3. The number of anilines is 1. The first-order valence-corrected chi connectivity index (χ1v) is 5.55. The number of rotatable bonds is 1. The fourth-order valence-electron chi connectivity index (χ4n) is 0.788. The van der Waals surface area contributed by atoms with Crippen LogP contribution in [0.2, 0.25) is 0 Å². The van der Waals surface area contributed by atoms with E-state index in [4.69, 9.17) is 5.73 Å². The Hall–Kier alpha value is 0.200. The van der Waals surface area contributed by atoms with Crippen LogP contribution in [0.3, 0.4) is 0 Å². The summed E-state index contributed by atoms with van der Waals surface area (Å²) in [6, 6.07) is 5.73. The number of nitrogens with two attached hydrogens (primary N) is 1. The van der Waals surface area contributed by atoms with Crippen molar-refractivity contribution in [3.8, 4) is 0 Å². The molecule has 0 radical (unpaired) electrons. The molecule has 0 heterocycles. The lowest BCUT2D eigenvalue weighted by atomic mass is 10.2. The molecule has 1 aromatic rings. The van der Waals surface area contributed by atoms with Crippen LogP contribution in [0.15, 0.2) is 26.1 Å². The molecule has 0 atom stereocenters. The molecule has 0 fully saturated rings. The third-order valence-electron chi connectivity index (χ3n) is 1.31. The summed E-state index contributed by atoms with van der Waals surface area (Å²) in [4.78, 5) is 0. The maximum Gasteiger partial charge on any atom is 0.0610 e. The average Bonchev–Trinajstić information content (AvgIpc) is 1.96. The summed E-state index contributed by atoms with van der Waals surface area (Å²) < 4.78 is 1.89. The Morgan fingerprint density at radius 2 is 2.00 bits per heavy atom. The van der Waals surface area contributed by atoms with Crippen LogP contribution in [0.4, 0.5) is 5.69 Å². The van der Waals surface area contributed by atoms with E-state index in [1.165, 1.54) is 0 Å². The second-order valence-electron chi connectivity index (χ2n) is 2.21. The summed E-state index contributed by atoms with van der Waals surface area (Å²) in [5.74, 6) is 0. The summed E-state index contributed by atoms with van der Waals surface area (Å²) in [7, 11) is 0. The van der Waals surface area contributed by atoms with Gasteiger partial charge in [-0.25, -0.2) is 0 Å². The molecule has 0 aliphatic carbocycles. The standard InChI is InChI=1S/C8H6Br3N/c9-6-1-2-7(12)5(3-6)4-8(10)11/h1-4H,12H2. The van der Waals surface area contributed by atoms with Crippen molar-refractivity contribution in [1.29, 1.82) is 0 Å². The van der Waals surface area contributed by atoms with Gasteiger partial charge < -0.3 is 5.73 Å². The van der Waals surface area contributed by atoms with E-state index in [9.17, 15) is 0 Å². The maximum absolute atomic E-state index is 5.73. The zero-order chi connectivity index (χ0) is 9.14. The Morgan fingerprint density at radius 3 is 2.58 bits per heavy atom. The minimum absolute atomic E-state index is 0.759. The van der Waals surface area contributed by atoms with Crippen LogP contribution in [0, 0.1) is 0 Å². The van der Waals surface area contributed by atoms with Gasteiger partial charge in [-0.05, 0) is 56.1 Å². The summed E-state index contributed by atoms with van der Waals surface area (Å²) in [5, 5.41) is 0. The van der Waals surface area contributed by atoms with E-state index in [1.807, 2.05) is 24.3 Å². The Morgan fingerprint density at radius 1 is 1.33 bits per heavy atom. The quantitative estimate of drug-likeness (QED) is 0.753. The van der Waals surface area contributed by atoms with E-state index in [2.05, 4.69) is 47.8 Å². The topological polar surface area (TPSA) is 26.0 Å². The highest BCUT2D eigenvalue weighted by molar-refractivity contribution is 9.28. The van der Waals surface area contributed by atoms with Gasteiger partial charge in [-0.1, -0.05) is 15.9 Å². The highest BCUT2D eigenvalue weighted by Crippen LogP contribution is 2.24. The number of benzene rings is 1. The second-order valence-corrected chi connectivity index (χ2v) is 5.90. The molecule has 0 aliphatic heterocycles. The normalized spacial score (nSPS) is 9.58. The Balaban J connectivity index is 3.14. The fourth-order valence-corrected chi connectivity index (χ4v) is 1.66. The van der Waals surface area contributed by atoms with Gasteiger partial charge in [0.15, 0.2) is 0 Å². The van der Waals surface area contributed by atoms with Crippen molar-refractivity contribution in [1.82, 2.24) is 0 Å². The molecule has 0 saturated heterocycles. The van der Waals surface area contributed by atoms with Crippen molar-refractivity contribution in [3.63, 3.8) is 0 Å². The molecule has 0 aliphatic rings. The average molecular weight is 356 g/mol. The van der Waals surface area contributed by atoms with E-state index in [0.717, 1.165) is 19.1 Å². The van der Waals surface area contributed by atoms with Gasteiger partial charge >= 0.3 is 0 Å². The van der Waals surface area contributed by atoms with Gasteiger partial charge in [-0.3, -0.25) is 0 Å². The largest absolute Gasteiger partial charge is 0.398 e. The second kappa shape index (κ2) is 4.44. The molecule has 0 unspecified atom stereocenters. The molecular weight excluding hydrogens is 350 g/mol. The van der Waals surface area contributed by atoms with Crippen molar-refractivity contribution in [2.45, 2.75) is 0 Å². The minimum atomic E-state index is 0.759. The molecule has 1 rings (SSSR count). The molecule has 1 aromatic carbocycles. The summed E-state index contributed by atoms with van der Waals surface area (Å²) >= 11 is 9.92. The highest BCUT2D eigenvalue weighted by Gasteiger charge is 1.96. The van der Waals surface area contributed by atoms with Crippen molar-refractivity contribution in [3.05, 3.63) is 31.6 Å². The molecule has 4 heteroatoms. The third-order valence-corrected chi connectivity index (χ3v) is 2.26. The van der Waals surface area contributed by atoms with Crippen LogP contribution in [-0.4, -0.2) is 0 Å². The van der Waals surface area contributed by atoms with Crippen molar-refractivity contribution in [2.24, 2.45) is 0 Å². The highest BCUT2D eigenvalue weighted by atomic mass is 79.9. The molecule has 0 saturated carbocycles. The van der Waals surface area contributed by atoms with Gasteiger partial charge in [0.25, 0.3) is 0 Å². The van der Waals surface area contributed by atoms with E-state index in [1.54, 1.807) is 0 Å². The molecule has 0 bridgehead atoms. The van der Waals surface area contributed by atoms with Gasteiger partial charge in [0, 0.05) is 15.7 Å². The van der Waals surface area contributed by atoms with E-state index >= 15 is 0 Å². The van der Waals surface area contributed by atoms with Crippen LogP contribution >= 0.6 is 47.8 Å². The lowest BCUT2D eigenvalue weighted by Gasteiger charge is -2.00. The first-order valence-electron chi connectivity index (χ1n) is 3.17. The molecule has 0 amide bonds. The number of halogens is 3. The monoisotopic (exact) mass is 353 g/mol. The molecule has 0 spiro atoms. The summed E-state index contributed by atoms with van der Waals surface area (Å²) in [6.45, 7) is 0. The van der Waals surface area contributed by atoms with Crippen LogP contribution in [0.5, 0.6) is 0 Å². The molecule has 1 nitrogen and oxygen atoms in total. The predicted octanol–water partition coefficient (Wildman–Crippen LogP) is 4.12. The zero-order valence-electron chi connectivity index (χ0n) is 6.02. The van der Waals surface area contributed by atoms with E-state index in [0.29, 0.717) is 0 Å². The molecule has 12 heavy (non-hydrogen) atoms. The van der Waals surface area contributed by atoms with Gasteiger partial charge in [-0.15, -0.1) is 0 Å². The number of hydrogen-bond acceptors (Lipinski definition) is 1. The van der Waals surface area contributed by atoms with Gasteiger partial charge in [0.05, 0.1) is 3.39 Å². The molecule has 64 valence electrons. The zero-order valence-corrected chi connectivity index (χ0v) is 10.8. The SMILES string of the molecule is Nc1ccc(Br)cc1C=C(Br)Br.